The third kappa shape index (κ3) is 4.43. The molecule has 2 rings (SSSR count). The molecule has 1 N–H and O–H groups in total. The molecule has 1 fully saturated rings. The van der Waals surface area contributed by atoms with Crippen LogP contribution in [0.1, 0.15) is 24.0 Å². The first-order chi connectivity index (χ1) is 8.74. The number of rotatable bonds is 5. The van der Waals surface area contributed by atoms with Gasteiger partial charge in [-0.05, 0) is 57.8 Å². The maximum absolute atomic E-state index is 3.49. The minimum Gasteiger partial charge on any atom is -0.316 e. The molecule has 1 saturated heterocycles. The normalized spacial score (nSPS) is 20.3. The van der Waals surface area contributed by atoms with Crippen LogP contribution in [0.2, 0.25) is 0 Å². The van der Waals surface area contributed by atoms with Gasteiger partial charge >= 0.3 is 0 Å². The number of nitrogens with one attached hydrogen (secondary N) is 1. The zero-order chi connectivity index (χ0) is 12.8. The van der Waals surface area contributed by atoms with Crippen LogP contribution < -0.4 is 5.32 Å². The van der Waals surface area contributed by atoms with Crippen LogP contribution in [0.25, 0.3) is 0 Å². The number of piperidine rings is 1. The highest BCUT2D eigenvalue weighted by molar-refractivity contribution is 5.21. The number of hydrogen-bond acceptors (Lipinski definition) is 2. The summed E-state index contributed by atoms with van der Waals surface area (Å²) in [6.07, 6.45) is 3.90. The lowest BCUT2D eigenvalue weighted by Crippen LogP contribution is -2.37. The fraction of sp³-hybridized carbons (Fsp3) is 0.625. The smallest absolute Gasteiger partial charge is 0.00189 e. The van der Waals surface area contributed by atoms with Crippen LogP contribution in [-0.2, 0) is 6.42 Å². The molecule has 0 bridgehead atoms. The summed E-state index contributed by atoms with van der Waals surface area (Å²) in [6.45, 7) is 6.96. The van der Waals surface area contributed by atoms with E-state index < -0.39 is 0 Å². The van der Waals surface area contributed by atoms with Gasteiger partial charge in [0.1, 0.15) is 0 Å². The van der Waals surface area contributed by atoms with E-state index in [2.05, 4.69) is 48.5 Å². The van der Waals surface area contributed by atoms with Gasteiger partial charge in [-0.15, -0.1) is 0 Å². The molecular weight excluding hydrogens is 220 g/mol. The van der Waals surface area contributed by atoms with E-state index in [-0.39, 0.29) is 0 Å². The van der Waals surface area contributed by atoms with E-state index in [1.807, 2.05) is 0 Å². The lowest BCUT2D eigenvalue weighted by Gasteiger charge is -2.27. The Hall–Kier alpha value is -0.860. The Morgan fingerprint density at radius 2 is 2.06 bits per heavy atom. The average molecular weight is 246 g/mol. The predicted octanol–water partition coefficient (Wildman–Crippen LogP) is 2.47. The molecule has 0 saturated carbocycles. The van der Waals surface area contributed by atoms with Crippen molar-refractivity contribution in [3.8, 4) is 0 Å². The molecule has 2 nitrogen and oxygen atoms in total. The van der Waals surface area contributed by atoms with E-state index in [1.165, 1.54) is 50.1 Å². The predicted molar refractivity (Wildman–Crippen MR) is 78.0 cm³/mol. The summed E-state index contributed by atoms with van der Waals surface area (Å²) in [5, 5.41) is 3.49. The van der Waals surface area contributed by atoms with Crippen LogP contribution in [0.5, 0.6) is 0 Å². The van der Waals surface area contributed by atoms with Crippen LogP contribution in [0.3, 0.4) is 0 Å². The zero-order valence-electron chi connectivity index (χ0n) is 11.8. The molecule has 0 aromatic heterocycles. The Kier molecular flexibility index (Phi) is 5.21. The first-order valence-corrected chi connectivity index (χ1v) is 7.19. The highest BCUT2D eigenvalue weighted by Crippen LogP contribution is 2.11. The second-order valence-corrected chi connectivity index (χ2v) is 5.71. The number of likely N-dealkylation sites (N-methyl/N-ethyl adjacent to an activating group) is 1. The molecule has 1 heterocycles. The summed E-state index contributed by atoms with van der Waals surface area (Å²) >= 11 is 0. The van der Waals surface area contributed by atoms with Gasteiger partial charge in [-0.1, -0.05) is 29.8 Å². The van der Waals surface area contributed by atoms with Crippen molar-refractivity contribution in [2.45, 2.75) is 26.2 Å². The molecule has 1 aliphatic heterocycles. The van der Waals surface area contributed by atoms with Crippen molar-refractivity contribution in [3.05, 3.63) is 35.4 Å². The summed E-state index contributed by atoms with van der Waals surface area (Å²) in [6, 6.07) is 8.93. The van der Waals surface area contributed by atoms with Gasteiger partial charge in [0.05, 0.1) is 0 Å². The molecule has 18 heavy (non-hydrogen) atoms. The second kappa shape index (κ2) is 6.91. The standard InChI is InChI=1S/C16H26N2/c1-14-5-7-15(8-6-14)9-11-18(2)13-16-4-3-10-17-12-16/h5-8,16-17H,3-4,9-13H2,1-2H3. The largest absolute Gasteiger partial charge is 0.316 e. The summed E-state index contributed by atoms with van der Waals surface area (Å²) in [5.41, 5.74) is 2.80. The number of aryl methyl sites for hydroxylation is 1. The van der Waals surface area contributed by atoms with Crippen LogP contribution in [0.15, 0.2) is 24.3 Å². The van der Waals surface area contributed by atoms with Crippen molar-refractivity contribution >= 4 is 0 Å². The van der Waals surface area contributed by atoms with E-state index in [0.29, 0.717) is 0 Å². The minimum atomic E-state index is 0.849. The fourth-order valence-corrected chi connectivity index (χ4v) is 2.69. The van der Waals surface area contributed by atoms with E-state index in [0.717, 1.165) is 12.3 Å². The fourth-order valence-electron chi connectivity index (χ4n) is 2.69. The Bertz CT molecular complexity index is 339. The number of nitrogens with zero attached hydrogens (tertiary/aromatic N) is 1. The molecule has 1 atom stereocenters. The summed E-state index contributed by atoms with van der Waals surface area (Å²) in [7, 11) is 2.25. The van der Waals surface area contributed by atoms with E-state index in [4.69, 9.17) is 0 Å². The molecule has 2 heteroatoms. The van der Waals surface area contributed by atoms with E-state index >= 15 is 0 Å². The Morgan fingerprint density at radius 1 is 1.28 bits per heavy atom. The molecule has 0 radical (unpaired) electrons. The monoisotopic (exact) mass is 246 g/mol. The SMILES string of the molecule is Cc1ccc(CCN(C)CC2CCCNC2)cc1. The molecule has 1 unspecified atom stereocenters. The van der Waals surface area contributed by atoms with Crippen molar-refractivity contribution in [1.29, 1.82) is 0 Å². The van der Waals surface area contributed by atoms with Crippen LogP contribution in [0, 0.1) is 12.8 Å². The third-order valence-electron chi connectivity index (χ3n) is 3.87. The van der Waals surface area contributed by atoms with Crippen LogP contribution in [0.4, 0.5) is 0 Å². The van der Waals surface area contributed by atoms with Gasteiger partial charge in [0.15, 0.2) is 0 Å². The van der Waals surface area contributed by atoms with Crippen molar-refractivity contribution in [1.82, 2.24) is 10.2 Å². The van der Waals surface area contributed by atoms with E-state index in [9.17, 15) is 0 Å². The lowest BCUT2D eigenvalue weighted by molar-refractivity contribution is 0.245. The van der Waals surface area contributed by atoms with E-state index in [1.54, 1.807) is 0 Å². The highest BCUT2D eigenvalue weighted by Gasteiger charge is 2.14. The van der Waals surface area contributed by atoms with Crippen LogP contribution in [-0.4, -0.2) is 38.1 Å². The molecular formula is C16H26N2. The Morgan fingerprint density at radius 3 is 2.72 bits per heavy atom. The van der Waals surface area contributed by atoms with Gasteiger partial charge in [0.2, 0.25) is 0 Å². The van der Waals surface area contributed by atoms with Crippen LogP contribution >= 0.6 is 0 Å². The van der Waals surface area contributed by atoms with Gasteiger partial charge in [-0.25, -0.2) is 0 Å². The summed E-state index contributed by atoms with van der Waals surface area (Å²) in [5.74, 6) is 0.849. The molecule has 0 aliphatic carbocycles. The Labute approximate surface area is 111 Å². The summed E-state index contributed by atoms with van der Waals surface area (Å²) in [4.78, 5) is 2.48. The van der Waals surface area contributed by atoms with Gasteiger partial charge in [0, 0.05) is 13.1 Å². The highest BCUT2D eigenvalue weighted by atomic mass is 15.1. The van der Waals surface area contributed by atoms with Gasteiger partial charge in [-0.2, -0.15) is 0 Å². The topological polar surface area (TPSA) is 15.3 Å². The second-order valence-electron chi connectivity index (χ2n) is 5.71. The molecule has 0 spiro atoms. The average Bonchev–Trinajstić information content (AvgIpc) is 2.39. The number of benzene rings is 1. The Balaban J connectivity index is 1.70. The molecule has 1 aromatic rings. The van der Waals surface area contributed by atoms with Crippen molar-refractivity contribution in [2.75, 3.05) is 33.2 Å². The third-order valence-corrected chi connectivity index (χ3v) is 3.87. The van der Waals surface area contributed by atoms with Crippen molar-refractivity contribution in [3.63, 3.8) is 0 Å². The molecule has 0 amide bonds. The van der Waals surface area contributed by atoms with Gasteiger partial charge in [0.25, 0.3) is 0 Å². The first kappa shape index (κ1) is 13.6. The maximum atomic E-state index is 3.49. The minimum absolute atomic E-state index is 0.849. The lowest BCUT2D eigenvalue weighted by atomic mass is 9.99. The molecule has 1 aliphatic rings. The first-order valence-electron chi connectivity index (χ1n) is 7.19. The number of hydrogen-bond donors (Lipinski definition) is 1. The summed E-state index contributed by atoms with van der Waals surface area (Å²) < 4.78 is 0. The quantitative estimate of drug-likeness (QED) is 0.858. The van der Waals surface area contributed by atoms with Crippen molar-refractivity contribution in [2.24, 2.45) is 5.92 Å². The van der Waals surface area contributed by atoms with Gasteiger partial charge in [-0.3, -0.25) is 0 Å². The molecule has 1 aromatic carbocycles. The zero-order valence-corrected chi connectivity index (χ0v) is 11.8. The molecule has 100 valence electrons. The van der Waals surface area contributed by atoms with Gasteiger partial charge < -0.3 is 10.2 Å². The van der Waals surface area contributed by atoms with Crippen molar-refractivity contribution < 1.29 is 0 Å². The maximum Gasteiger partial charge on any atom is 0.00189 e.